The van der Waals surface area contributed by atoms with E-state index in [2.05, 4.69) is 5.10 Å². The molecule has 84 valence electrons. The van der Waals surface area contributed by atoms with Crippen molar-refractivity contribution in [3.63, 3.8) is 0 Å². The molecule has 0 amide bonds. The summed E-state index contributed by atoms with van der Waals surface area (Å²) in [5.74, 6) is -1.17. The van der Waals surface area contributed by atoms with Crippen LogP contribution >= 0.6 is 0 Å². The molecule has 1 heterocycles. The van der Waals surface area contributed by atoms with Gasteiger partial charge in [-0.05, 0) is 13.0 Å². The van der Waals surface area contributed by atoms with Crippen LogP contribution in [0.3, 0.4) is 0 Å². The van der Waals surface area contributed by atoms with Gasteiger partial charge in [-0.1, -0.05) is 6.07 Å². The van der Waals surface area contributed by atoms with Crippen molar-refractivity contribution >= 4 is 5.69 Å². The standard InChI is InChI=1S/C11H11F2N3/c1-7(16-6-9(14)5-15-16)10-3-2-8(12)4-11(10)13/h2-7H,14H2,1H3. The maximum Gasteiger partial charge on any atom is 0.131 e. The monoisotopic (exact) mass is 223 g/mol. The largest absolute Gasteiger partial charge is 0.396 e. The van der Waals surface area contributed by atoms with Gasteiger partial charge in [0.1, 0.15) is 11.6 Å². The summed E-state index contributed by atoms with van der Waals surface area (Å²) in [7, 11) is 0. The van der Waals surface area contributed by atoms with Crippen molar-refractivity contribution in [2.45, 2.75) is 13.0 Å². The van der Waals surface area contributed by atoms with Crippen LogP contribution in [0.5, 0.6) is 0 Å². The lowest BCUT2D eigenvalue weighted by molar-refractivity contribution is 0.512. The van der Waals surface area contributed by atoms with Crippen LogP contribution in [-0.2, 0) is 0 Å². The van der Waals surface area contributed by atoms with Gasteiger partial charge in [0.2, 0.25) is 0 Å². The van der Waals surface area contributed by atoms with Crippen LogP contribution in [0.4, 0.5) is 14.5 Å². The van der Waals surface area contributed by atoms with E-state index in [4.69, 9.17) is 5.73 Å². The zero-order valence-electron chi connectivity index (χ0n) is 8.69. The summed E-state index contributed by atoms with van der Waals surface area (Å²) in [5, 5.41) is 3.99. The van der Waals surface area contributed by atoms with Gasteiger partial charge in [-0.3, -0.25) is 4.68 Å². The van der Waals surface area contributed by atoms with Crippen molar-refractivity contribution in [1.82, 2.24) is 9.78 Å². The molecular formula is C11H11F2N3. The van der Waals surface area contributed by atoms with Crippen LogP contribution in [-0.4, -0.2) is 9.78 Å². The molecule has 0 radical (unpaired) electrons. The third kappa shape index (κ3) is 1.88. The summed E-state index contributed by atoms with van der Waals surface area (Å²) in [6.45, 7) is 1.77. The number of aromatic nitrogens is 2. The zero-order chi connectivity index (χ0) is 11.7. The van der Waals surface area contributed by atoms with Crippen molar-refractivity contribution in [2.75, 3.05) is 5.73 Å². The molecule has 0 aliphatic heterocycles. The number of nitrogens with zero attached hydrogens (tertiary/aromatic N) is 2. The molecular weight excluding hydrogens is 212 g/mol. The van der Waals surface area contributed by atoms with E-state index in [0.29, 0.717) is 11.3 Å². The summed E-state index contributed by atoms with van der Waals surface area (Å²) >= 11 is 0. The molecule has 0 bridgehead atoms. The molecule has 2 aromatic rings. The number of benzene rings is 1. The molecule has 0 spiro atoms. The Kier molecular flexibility index (Phi) is 2.60. The Bertz CT molecular complexity index is 508. The highest BCUT2D eigenvalue weighted by molar-refractivity contribution is 5.32. The molecule has 0 aliphatic carbocycles. The minimum atomic E-state index is -0.589. The Morgan fingerprint density at radius 2 is 2.12 bits per heavy atom. The molecule has 1 atom stereocenters. The van der Waals surface area contributed by atoms with Crippen molar-refractivity contribution < 1.29 is 8.78 Å². The second kappa shape index (κ2) is 3.92. The van der Waals surface area contributed by atoms with Gasteiger partial charge in [0.05, 0.1) is 17.9 Å². The first-order valence-electron chi connectivity index (χ1n) is 4.82. The third-order valence-electron chi connectivity index (χ3n) is 2.43. The summed E-state index contributed by atoms with van der Waals surface area (Å²) < 4.78 is 27.7. The minimum Gasteiger partial charge on any atom is -0.396 e. The summed E-state index contributed by atoms with van der Waals surface area (Å²) in [6.07, 6.45) is 3.09. The Morgan fingerprint density at radius 1 is 1.38 bits per heavy atom. The van der Waals surface area contributed by atoms with Gasteiger partial charge in [-0.2, -0.15) is 5.10 Å². The van der Waals surface area contributed by atoms with E-state index >= 15 is 0 Å². The number of halogens is 2. The Hall–Kier alpha value is -1.91. The second-order valence-corrected chi connectivity index (χ2v) is 3.60. The molecule has 0 saturated carbocycles. The number of hydrogen-bond donors (Lipinski definition) is 1. The molecule has 2 rings (SSSR count). The zero-order valence-corrected chi connectivity index (χ0v) is 8.69. The normalized spacial score (nSPS) is 12.7. The molecule has 2 N–H and O–H groups in total. The average Bonchev–Trinajstić information content (AvgIpc) is 2.64. The number of anilines is 1. The molecule has 1 aromatic heterocycles. The van der Waals surface area contributed by atoms with Gasteiger partial charge in [-0.15, -0.1) is 0 Å². The summed E-state index contributed by atoms with van der Waals surface area (Å²) in [6, 6.07) is 3.17. The first kappa shape index (κ1) is 10.6. The lowest BCUT2D eigenvalue weighted by Crippen LogP contribution is -2.09. The van der Waals surface area contributed by atoms with Crippen molar-refractivity contribution in [3.05, 3.63) is 47.8 Å². The van der Waals surface area contributed by atoms with Crippen LogP contribution < -0.4 is 5.73 Å². The van der Waals surface area contributed by atoms with E-state index in [-0.39, 0.29) is 6.04 Å². The average molecular weight is 223 g/mol. The highest BCUT2D eigenvalue weighted by atomic mass is 19.1. The number of rotatable bonds is 2. The van der Waals surface area contributed by atoms with Gasteiger partial charge in [0.15, 0.2) is 0 Å². The third-order valence-corrected chi connectivity index (χ3v) is 2.43. The van der Waals surface area contributed by atoms with Crippen LogP contribution in [0.25, 0.3) is 0 Å². The predicted molar refractivity (Wildman–Crippen MR) is 56.8 cm³/mol. The van der Waals surface area contributed by atoms with Gasteiger partial charge >= 0.3 is 0 Å². The second-order valence-electron chi connectivity index (χ2n) is 3.60. The van der Waals surface area contributed by atoms with Crippen LogP contribution in [0.15, 0.2) is 30.6 Å². The van der Waals surface area contributed by atoms with Crippen LogP contribution in [0, 0.1) is 11.6 Å². The number of nitrogen functional groups attached to an aromatic ring is 1. The van der Waals surface area contributed by atoms with E-state index in [0.717, 1.165) is 6.07 Å². The van der Waals surface area contributed by atoms with E-state index < -0.39 is 11.6 Å². The quantitative estimate of drug-likeness (QED) is 0.849. The summed E-state index contributed by atoms with van der Waals surface area (Å²) in [5.41, 5.74) is 6.41. The molecule has 3 nitrogen and oxygen atoms in total. The molecule has 5 heteroatoms. The van der Waals surface area contributed by atoms with E-state index in [1.165, 1.54) is 23.0 Å². The first-order valence-corrected chi connectivity index (χ1v) is 4.82. The maximum atomic E-state index is 13.5. The van der Waals surface area contributed by atoms with E-state index in [1.54, 1.807) is 13.1 Å². The van der Waals surface area contributed by atoms with Crippen molar-refractivity contribution in [3.8, 4) is 0 Å². The fourth-order valence-electron chi connectivity index (χ4n) is 1.55. The molecule has 0 fully saturated rings. The predicted octanol–water partition coefficient (Wildman–Crippen LogP) is 2.35. The Balaban J connectivity index is 2.37. The highest BCUT2D eigenvalue weighted by Gasteiger charge is 2.13. The fourth-order valence-corrected chi connectivity index (χ4v) is 1.55. The van der Waals surface area contributed by atoms with Crippen LogP contribution in [0.2, 0.25) is 0 Å². The molecule has 1 aromatic carbocycles. The smallest absolute Gasteiger partial charge is 0.131 e. The minimum absolute atomic E-state index is 0.321. The van der Waals surface area contributed by atoms with E-state index in [1.807, 2.05) is 0 Å². The lowest BCUT2D eigenvalue weighted by atomic mass is 10.1. The molecule has 1 unspecified atom stereocenters. The highest BCUT2D eigenvalue weighted by Crippen LogP contribution is 2.21. The summed E-state index contributed by atoms with van der Waals surface area (Å²) in [4.78, 5) is 0. The first-order chi connectivity index (χ1) is 7.58. The van der Waals surface area contributed by atoms with Gasteiger partial charge in [0, 0.05) is 17.8 Å². The number of nitrogens with two attached hydrogens (primary N) is 1. The topological polar surface area (TPSA) is 43.8 Å². The van der Waals surface area contributed by atoms with Crippen molar-refractivity contribution in [2.24, 2.45) is 0 Å². The van der Waals surface area contributed by atoms with Crippen molar-refractivity contribution in [1.29, 1.82) is 0 Å². The molecule has 0 aliphatic rings. The van der Waals surface area contributed by atoms with Crippen LogP contribution in [0.1, 0.15) is 18.5 Å². The van der Waals surface area contributed by atoms with Gasteiger partial charge in [-0.25, -0.2) is 8.78 Å². The lowest BCUT2D eigenvalue weighted by Gasteiger charge is -2.13. The van der Waals surface area contributed by atoms with Gasteiger partial charge < -0.3 is 5.73 Å². The molecule has 16 heavy (non-hydrogen) atoms. The number of hydrogen-bond acceptors (Lipinski definition) is 2. The molecule has 0 saturated heterocycles. The Labute approximate surface area is 91.5 Å². The maximum absolute atomic E-state index is 13.5. The SMILES string of the molecule is CC(c1ccc(F)cc1F)n1cc(N)cn1. The Morgan fingerprint density at radius 3 is 2.69 bits per heavy atom. The fraction of sp³-hybridized carbons (Fsp3) is 0.182. The van der Waals surface area contributed by atoms with Gasteiger partial charge in [0.25, 0.3) is 0 Å². The van der Waals surface area contributed by atoms with E-state index in [9.17, 15) is 8.78 Å².